The molecule has 0 atom stereocenters. The Morgan fingerprint density at radius 3 is 3.20 bits per heavy atom. The van der Waals surface area contributed by atoms with Gasteiger partial charge in [-0.3, -0.25) is 4.68 Å². The number of nitrogens with zero attached hydrogens (tertiary/aromatic N) is 3. The van der Waals surface area contributed by atoms with E-state index in [4.69, 9.17) is 5.26 Å². The highest BCUT2D eigenvalue weighted by Crippen LogP contribution is 1.93. The first-order valence-electron chi connectivity index (χ1n) is 2.92. The summed E-state index contributed by atoms with van der Waals surface area (Å²) in [4.78, 5) is 0. The van der Waals surface area contributed by atoms with E-state index in [1.807, 2.05) is 19.4 Å². The van der Waals surface area contributed by atoms with Crippen LogP contribution in [0.15, 0.2) is 12.4 Å². The van der Waals surface area contributed by atoms with E-state index < -0.39 is 0 Å². The van der Waals surface area contributed by atoms with Crippen LogP contribution in [0.3, 0.4) is 0 Å². The van der Waals surface area contributed by atoms with Crippen LogP contribution in [0, 0.1) is 11.5 Å². The van der Waals surface area contributed by atoms with Gasteiger partial charge in [0.25, 0.3) is 0 Å². The van der Waals surface area contributed by atoms with Crippen molar-refractivity contribution < 1.29 is 0 Å². The molecule has 4 nitrogen and oxygen atoms in total. The quantitative estimate of drug-likeness (QED) is 0.459. The summed E-state index contributed by atoms with van der Waals surface area (Å²) >= 11 is 0. The summed E-state index contributed by atoms with van der Waals surface area (Å²) in [6.07, 6.45) is 5.43. The zero-order valence-corrected chi connectivity index (χ0v) is 5.70. The molecule has 52 valence electrons. The van der Waals surface area contributed by atoms with Gasteiger partial charge in [0.1, 0.15) is 0 Å². The van der Waals surface area contributed by atoms with E-state index in [1.165, 1.54) is 0 Å². The SMILES string of the molecule is Cn1cc(CNC#N)cn1. The second-order valence-electron chi connectivity index (χ2n) is 1.99. The topological polar surface area (TPSA) is 53.6 Å². The van der Waals surface area contributed by atoms with Crippen molar-refractivity contribution in [3.05, 3.63) is 18.0 Å². The smallest absolute Gasteiger partial charge is 0.176 e. The lowest BCUT2D eigenvalue weighted by atomic mass is 10.4. The normalized spacial score (nSPS) is 8.80. The second-order valence-corrected chi connectivity index (χ2v) is 1.99. The number of nitrogens with one attached hydrogen (secondary N) is 1. The molecule has 0 aliphatic heterocycles. The fourth-order valence-electron chi connectivity index (χ4n) is 0.705. The molecule has 1 heterocycles. The zero-order valence-electron chi connectivity index (χ0n) is 5.70. The van der Waals surface area contributed by atoms with Crippen molar-refractivity contribution >= 4 is 0 Å². The first kappa shape index (κ1) is 6.62. The predicted octanol–water partition coefficient (Wildman–Crippen LogP) is -0.00922. The number of hydrogen-bond donors (Lipinski definition) is 1. The molecule has 0 saturated heterocycles. The van der Waals surface area contributed by atoms with Gasteiger partial charge in [0.15, 0.2) is 6.19 Å². The molecular formula is C6H8N4. The molecule has 4 heteroatoms. The van der Waals surface area contributed by atoms with E-state index in [0.717, 1.165) is 5.56 Å². The lowest BCUT2D eigenvalue weighted by Crippen LogP contribution is -2.03. The maximum Gasteiger partial charge on any atom is 0.176 e. The van der Waals surface area contributed by atoms with Crippen molar-refractivity contribution in [3.63, 3.8) is 0 Å². The summed E-state index contributed by atoms with van der Waals surface area (Å²) in [6, 6.07) is 0. The third-order valence-electron chi connectivity index (χ3n) is 1.13. The second kappa shape index (κ2) is 2.87. The summed E-state index contributed by atoms with van der Waals surface area (Å²) in [5, 5.41) is 14.6. The maximum absolute atomic E-state index is 8.15. The molecule has 1 N–H and O–H groups in total. The highest BCUT2D eigenvalue weighted by molar-refractivity contribution is 5.03. The molecule has 0 spiro atoms. The van der Waals surface area contributed by atoms with Crippen LogP contribution in [0.4, 0.5) is 0 Å². The number of aryl methyl sites for hydroxylation is 1. The largest absolute Gasteiger partial charge is 0.319 e. The Bertz CT molecular complexity index is 244. The van der Waals surface area contributed by atoms with Gasteiger partial charge in [-0.05, 0) is 0 Å². The van der Waals surface area contributed by atoms with Gasteiger partial charge in [0, 0.05) is 18.8 Å². The lowest BCUT2D eigenvalue weighted by molar-refractivity contribution is 0.766. The molecule has 0 radical (unpaired) electrons. The van der Waals surface area contributed by atoms with Crippen LogP contribution in [-0.2, 0) is 13.6 Å². The summed E-state index contributed by atoms with van der Waals surface area (Å²) in [7, 11) is 1.84. The molecule has 0 saturated carbocycles. The Morgan fingerprint density at radius 2 is 2.70 bits per heavy atom. The van der Waals surface area contributed by atoms with E-state index in [9.17, 15) is 0 Å². The highest BCUT2D eigenvalue weighted by atomic mass is 15.2. The Hall–Kier alpha value is -1.50. The minimum atomic E-state index is 0.560. The maximum atomic E-state index is 8.15. The summed E-state index contributed by atoms with van der Waals surface area (Å²) in [5.41, 5.74) is 1.02. The molecule has 0 aliphatic carbocycles. The van der Waals surface area contributed by atoms with Crippen molar-refractivity contribution in [3.8, 4) is 6.19 Å². The van der Waals surface area contributed by atoms with Crippen LogP contribution in [0.25, 0.3) is 0 Å². The lowest BCUT2D eigenvalue weighted by Gasteiger charge is -1.88. The highest BCUT2D eigenvalue weighted by Gasteiger charge is 1.92. The third kappa shape index (κ3) is 1.49. The zero-order chi connectivity index (χ0) is 7.40. The van der Waals surface area contributed by atoms with Crippen molar-refractivity contribution in [2.24, 2.45) is 7.05 Å². The molecule has 1 aromatic rings. The molecule has 0 bridgehead atoms. The van der Waals surface area contributed by atoms with E-state index in [-0.39, 0.29) is 0 Å². The predicted molar refractivity (Wildman–Crippen MR) is 35.7 cm³/mol. The average Bonchev–Trinajstić information content (AvgIpc) is 2.31. The van der Waals surface area contributed by atoms with Crippen molar-refractivity contribution in [2.75, 3.05) is 0 Å². The van der Waals surface area contributed by atoms with E-state index >= 15 is 0 Å². The fraction of sp³-hybridized carbons (Fsp3) is 0.333. The number of hydrogen-bond acceptors (Lipinski definition) is 3. The van der Waals surface area contributed by atoms with Gasteiger partial charge in [-0.15, -0.1) is 0 Å². The van der Waals surface area contributed by atoms with Crippen LogP contribution in [0.5, 0.6) is 0 Å². The summed E-state index contributed by atoms with van der Waals surface area (Å²) in [5.74, 6) is 0. The molecule has 0 fully saturated rings. The molecule has 0 aromatic carbocycles. The average molecular weight is 136 g/mol. The Labute approximate surface area is 59.1 Å². The van der Waals surface area contributed by atoms with Crippen molar-refractivity contribution in [2.45, 2.75) is 6.54 Å². The van der Waals surface area contributed by atoms with Gasteiger partial charge < -0.3 is 5.32 Å². The molecule has 1 aromatic heterocycles. The molecule has 1 rings (SSSR count). The van der Waals surface area contributed by atoms with Crippen LogP contribution in [0.1, 0.15) is 5.56 Å². The van der Waals surface area contributed by atoms with Crippen molar-refractivity contribution in [1.29, 1.82) is 5.26 Å². The first-order chi connectivity index (χ1) is 4.83. The standard InChI is InChI=1S/C6H8N4/c1-10-4-6(3-9-10)2-8-5-7/h3-4,8H,2H2,1H3. The van der Waals surface area contributed by atoms with E-state index in [2.05, 4.69) is 10.4 Å². The van der Waals surface area contributed by atoms with Crippen molar-refractivity contribution in [1.82, 2.24) is 15.1 Å². The third-order valence-corrected chi connectivity index (χ3v) is 1.13. The molecular weight excluding hydrogens is 128 g/mol. The summed E-state index contributed by atoms with van der Waals surface area (Å²) in [6.45, 7) is 0.560. The van der Waals surface area contributed by atoms with E-state index in [0.29, 0.717) is 6.54 Å². The number of rotatable bonds is 2. The molecule has 0 amide bonds. The van der Waals surface area contributed by atoms with Gasteiger partial charge in [0.2, 0.25) is 0 Å². The Morgan fingerprint density at radius 1 is 1.90 bits per heavy atom. The van der Waals surface area contributed by atoms with Gasteiger partial charge in [0.05, 0.1) is 12.7 Å². The first-order valence-corrected chi connectivity index (χ1v) is 2.92. The monoisotopic (exact) mass is 136 g/mol. The van der Waals surface area contributed by atoms with E-state index in [1.54, 1.807) is 10.9 Å². The molecule has 0 unspecified atom stereocenters. The Kier molecular flexibility index (Phi) is 1.90. The number of aromatic nitrogens is 2. The Balaban J connectivity index is 2.52. The van der Waals surface area contributed by atoms with Gasteiger partial charge in [-0.1, -0.05) is 0 Å². The van der Waals surface area contributed by atoms with Gasteiger partial charge in [-0.2, -0.15) is 10.4 Å². The minimum Gasteiger partial charge on any atom is -0.319 e. The van der Waals surface area contributed by atoms with Gasteiger partial charge in [-0.25, -0.2) is 0 Å². The van der Waals surface area contributed by atoms with Crippen LogP contribution < -0.4 is 5.32 Å². The van der Waals surface area contributed by atoms with Crippen LogP contribution >= 0.6 is 0 Å². The molecule has 0 aliphatic rings. The number of nitriles is 1. The minimum absolute atomic E-state index is 0.560. The fourth-order valence-corrected chi connectivity index (χ4v) is 0.705. The summed E-state index contributed by atoms with van der Waals surface area (Å²) < 4.78 is 1.70. The molecule has 10 heavy (non-hydrogen) atoms. The van der Waals surface area contributed by atoms with Crippen LogP contribution in [-0.4, -0.2) is 9.78 Å². The van der Waals surface area contributed by atoms with Gasteiger partial charge >= 0.3 is 0 Å². The van der Waals surface area contributed by atoms with Crippen LogP contribution in [0.2, 0.25) is 0 Å².